The lowest BCUT2D eigenvalue weighted by molar-refractivity contribution is -0.115. The Kier molecular flexibility index (Phi) is 5.70. The van der Waals surface area contributed by atoms with Crippen LogP contribution in [0.1, 0.15) is 25.0 Å². The molecule has 0 aliphatic carbocycles. The first-order chi connectivity index (χ1) is 12.0. The van der Waals surface area contributed by atoms with Gasteiger partial charge in [0.25, 0.3) is 11.1 Å². The molecule has 2 amide bonds. The maximum atomic E-state index is 11.6. The molecule has 2 fully saturated rings. The van der Waals surface area contributed by atoms with Gasteiger partial charge in [0.05, 0.1) is 10.6 Å². The average molecular weight is 361 g/mol. The maximum Gasteiger partial charge on any atom is 0.290 e. The van der Waals surface area contributed by atoms with E-state index in [1.165, 1.54) is 6.42 Å². The second kappa shape index (κ2) is 7.97. The zero-order valence-corrected chi connectivity index (χ0v) is 15.4. The summed E-state index contributed by atoms with van der Waals surface area (Å²) in [6.45, 7) is 3.03. The number of nitrogens with zero attached hydrogens (tertiary/aromatic N) is 4. The van der Waals surface area contributed by atoms with Crippen molar-refractivity contribution in [3.05, 3.63) is 22.9 Å². The van der Waals surface area contributed by atoms with Crippen molar-refractivity contribution in [3.8, 4) is 0 Å². The van der Waals surface area contributed by atoms with Gasteiger partial charge in [-0.05, 0) is 69.7 Å². The van der Waals surface area contributed by atoms with Crippen molar-refractivity contribution < 1.29 is 9.59 Å². The Balaban J connectivity index is 1.62. The summed E-state index contributed by atoms with van der Waals surface area (Å²) in [7, 11) is 4.22. The molecule has 3 heterocycles. The van der Waals surface area contributed by atoms with Gasteiger partial charge in [0.15, 0.2) is 0 Å². The van der Waals surface area contributed by atoms with Gasteiger partial charge in [-0.1, -0.05) is 0 Å². The minimum absolute atomic E-state index is 0.342. The Morgan fingerprint density at radius 3 is 2.76 bits per heavy atom. The minimum Gasteiger partial charge on any atom is -0.341 e. The molecule has 0 radical (unpaired) electrons. The molecule has 0 atom stereocenters. The van der Waals surface area contributed by atoms with Crippen molar-refractivity contribution in [1.82, 2.24) is 20.2 Å². The van der Waals surface area contributed by atoms with Gasteiger partial charge in [-0.3, -0.25) is 14.9 Å². The minimum atomic E-state index is -0.364. The summed E-state index contributed by atoms with van der Waals surface area (Å²) in [5, 5.41) is 1.91. The van der Waals surface area contributed by atoms with Crippen LogP contribution in [-0.2, 0) is 4.79 Å². The van der Waals surface area contributed by atoms with Crippen LogP contribution in [-0.4, -0.2) is 59.7 Å². The highest BCUT2D eigenvalue weighted by atomic mass is 32.2. The standard InChI is InChI=1S/C17H23N5O2S/c1-21(2)8-4-12-5-9-22(10-6-12)16-18-7-3-13(19-16)11-14-15(23)20-17(24)25-14/h3,7,11-12H,4-6,8-10H2,1-2H3,(H,20,23,24)/b14-11+. The van der Waals surface area contributed by atoms with E-state index in [1.54, 1.807) is 18.3 Å². The van der Waals surface area contributed by atoms with E-state index >= 15 is 0 Å². The molecule has 7 nitrogen and oxygen atoms in total. The van der Waals surface area contributed by atoms with E-state index in [2.05, 4.69) is 39.2 Å². The van der Waals surface area contributed by atoms with E-state index in [1.807, 2.05) is 0 Å². The third-order valence-electron chi connectivity index (χ3n) is 4.47. The molecule has 0 saturated carbocycles. The number of rotatable bonds is 5. The van der Waals surface area contributed by atoms with Crippen LogP contribution in [0.15, 0.2) is 17.2 Å². The summed E-state index contributed by atoms with van der Waals surface area (Å²) in [4.78, 5) is 36.6. The average Bonchev–Trinajstić information content (AvgIpc) is 2.91. The zero-order valence-electron chi connectivity index (χ0n) is 14.6. The fraction of sp³-hybridized carbons (Fsp3) is 0.529. The van der Waals surface area contributed by atoms with Crippen molar-refractivity contribution in [3.63, 3.8) is 0 Å². The number of imide groups is 1. The Hall–Kier alpha value is -1.93. The van der Waals surface area contributed by atoms with E-state index in [9.17, 15) is 9.59 Å². The molecule has 134 valence electrons. The highest BCUT2D eigenvalue weighted by Crippen LogP contribution is 2.26. The van der Waals surface area contributed by atoms with E-state index in [-0.39, 0.29) is 11.1 Å². The van der Waals surface area contributed by atoms with Crippen molar-refractivity contribution >= 4 is 34.9 Å². The topological polar surface area (TPSA) is 78.4 Å². The number of aromatic nitrogens is 2. The van der Waals surface area contributed by atoms with Gasteiger partial charge in [-0.2, -0.15) is 0 Å². The van der Waals surface area contributed by atoms with Crippen LogP contribution in [0.3, 0.4) is 0 Å². The molecule has 8 heteroatoms. The molecule has 1 aromatic rings. The summed E-state index contributed by atoms with van der Waals surface area (Å²) in [5.74, 6) is 1.08. The number of thioether (sulfide) groups is 1. The SMILES string of the molecule is CN(C)CCC1CCN(c2nccc(/C=C3/SC(=O)NC3=O)n2)CC1. The summed E-state index contributed by atoms with van der Waals surface area (Å²) in [6.07, 6.45) is 6.87. The van der Waals surface area contributed by atoms with Gasteiger partial charge < -0.3 is 9.80 Å². The van der Waals surface area contributed by atoms with Crippen LogP contribution in [0, 0.1) is 5.92 Å². The predicted octanol–water partition coefficient (Wildman–Crippen LogP) is 1.97. The number of nitrogens with one attached hydrogen (secondary N) is 1. The third-order valence-corrected chi connectivity index (χ3v) is 5.28. The number of amides is 2. The second-order valence-electron chi connectivity index (χ2n) is 6.66. The fourth-order valence-electron chi connectivity index (χ4n) is 3.01. The molecule has 0 bridgehead atoms. The molecule has 1 N–H and O–H groups in total. The van der Waals surface area contributed by atoms with Crippen LogP contribution in [0.4, 0.5) is 10.7 Å². The molecule has 2 saturated heterocycles. The van der Waals surface area contributed by atoms with Gasteiger partial charge in [0, 0.05) is 19.3 Å². The Bertz CT molecular complexity index is 683. The van der Waals surface area contributed by atoms with E-state index in [0.29, 0.717) is 16.5 Å². The van der Waals surface area contributed by atoms with E-state index < -0.39 is 0 Å². The monoisotopic (exact) mass is 361 g/mol. The van der Waals surface area contributed by atoms with Crippen LogP contribution >= 0.6 is 11.8 Å². The number of hydrogen-bond donors (Lipinski definition) is 1. The Labute approximate surface area is 151 Å². The summed E-state index contributed by atoms with van der Waals surface area (Å²) >= 11 is 0.902. The van der Waals surface area contributed by atoms with Crippen LogP contribution in [0.25, 0.3) is 6.08 Å². The van der Waals surface area contributed by atoms with E-state index in [0.717, 1.165) is 50.2 Å². The predicted molar refractivity (Wildman–Crippen MR) is 99.2 cm³/mol. The smallest absolute Gasteiger partial charge is 0.290 e. The summed E-state index contributed by atoms with van der Waals surface area (Å²) < 4.78 is 0. The number of piperidine rings is 1. The number of carbonyl (C=O) groups is 2. The molecule has 1 aromatic heterocycles. The molecule has 25 heavy (non-hydrogen) atoms. The molecular weight excluding hydrogens is 338 g/mol. The third kappa shape index (κ3) is 4.79. The van der Waals surface area contributed by atoms with Crippen molar-refractivity contribution in [2.24, 2.45) is 5.92 Å². The molecule has 2 aliphatic rings. The lowest BCUT2D eigenvalue weighted by atomic mass is 9.93. The normalized spacial score (nSPS) is 20.6. The molecule has 0 aromatic carbocycles. The first-order valence-electron chi connectivity index (χ1n) is 8.49. The quantitative estimate of drug-likeness (QED) is 0.803. The maximum absolute atomic E-state index is 11.6. The molecule has 0 spiro atoms. The second-order valence-corrected chi connectivity index (χ2v) is 7.67. The lowest BCUT2D eigenvalue weighted by Gasteiger charge is -2.32. The van der Waals surface area contributed by atoms with Crippen molar-refractivity contribution in [2.45, 2.75) is 19.3 Å². The molecule has 3 rings (SSSR count). The summed E-state index contributed by atoms with van der Waals surface area (Å²) in [5.41, 5.74) is 0.645. The highest BCUT2D eigenvalue weighted by molar-refractivity contribution is 8.18. The summed E-state index contributed by atoms with van der Waals surface area (Å²) in [6, 6.07) is 1.75. The molecular formula is C17H23N5O2S. The zero-order chi connectivity index (χ0) is 17.8. The number of hydrogen-bond acceptors (Lipinski definition) is 7. The Morgan fingerprint density at radius 2 is 2.12 bits per heavy atom. The van der Waals surface area contributed by atoms with Gasteiger partial charge in [0.2, 0.25) is 5.95 Å². The molecule has 0 unspecified atom stereocenters. The van der Waals surface area contributed by atoms with Gasteiger partial charge in [-0.15, -0.1) is 0 Å². The molecule has 2 aliphatic heterocycles. The van der Waals surface area contributed by atoms with Gasteiger partial charge in [0.1, 0.15) is 0 Å². The van der Waals surface area contributed by atoms with Gasteiger partial charge >= 0.3 is 0 Å². The first-order valence-corrected chi connectivity index (χ1v) is 9.30. The van der Waals surface area contributed by atoms with Crippen molar-refractivity contribution in [1.29, 1.82) is 0 Å². The van der Waals surface area contributed by atoms with Crippen LogP contribution in [0.5, 0.6) is 0 Å². The van der Waals surface area contributed by atoms with Crippen LogP contribution < -0.4 is 10.2 Å². The number of anilines is 1. The lowest BCUT2D eigenvalue weighted by Crippen LogP contribution is -2.35. The largest absolute Gasteiger partial charge is 0.341 e. The van der Waals surface area contributed by atoms with Gasteiger partial charge in [-0.25, -0.2) is 9.97 Å². The van der Waals surface area contributed by atoms with E-state index in [4.69, 9.17) is 0 Å². The first kappa shape index (κ1) is 17.9. The Morgan fingerprint density at radius 1 is 1.36 bits per heavy atom. The number of carbonyl (C=O) groups excluding carboxylic acids is 2. The van der Waals surface area contributed by atoms with Crippen LogP contribution in [0.2, 0.25) is 0 Å². The fourth-order valence-corrected chi connectivity index (χ4v) is 3.68. The van der Waals surface area contributed by atoms with Crippen molar-refractivity contribution in [2.75, 3.05) is 38.6 Å². The highest BCUT2D eigenvalue weighted by Gasteiger charge is 2.25.